The maximum Gasteiger partial charge on any atom is 0.361 e. The molecule has 5 aliphatic carbocycles. The van der Waals surface area contributed by atoms with Crippen LogP contribution in [0.2, 0.25) is 0 Å². The van der Waals surface area contributed by atoms with Crippen molar-refractivity contribution in [2.75, 3.05) is 19.8 Å². The van der Waals surface area contributed by atoms with E-state index in [1.807, 2.05) is 19.9 Å². The number of Topliss-reactive ketones (excluding diaryl/α,β-unsaturated/α-hetero) is 1. The number of fused-ring (bicyclic) bond motifs is 4. The summed E-state index contributed by atoms with van der Waals surface area (Å²) in [6, 6.07) is 6.13. The minimum Gasteiger partial charge on any atom is -0.389 e. The fraction of sp³-hybridized carbons (Fsp3) is 0.794. The Balaban J connectivity index is 1.36. The molecule has 1 N–H and O–H groups in total. The van der Waals surface area contributed by atoms with E-state index in [9.17, 15) is 14.5 Å². The lowest BCUT2D eigenvalue weighted by molar-refractivity contribution is -0.425. The predicted octanol–water partition coefficient (Wildman–Crippen LogP) is 6.65. The molecule has 8 atom stereocenters. The van der Waals surface area contributed by atoms with Crippen LogP contribution in [0.5, 0.6) is 0 Å². The van der Waals surface area contributed by atoms with Gasteiger partial charge in [-0.3, -0.25) is 9.36 Å². The van der Waals surface area contributed by atoms with Crippen molar-refractivity contribution in [1.82, 2.24) is 0 Å². The molecule has 4 saturated carbocycles. The second-order valence-corrected chi connectivity index (χ2v) is 17.7. The van der Waals surface area contributed by atoms with Gasteiger partial charge in [-0.05, 0) is 118 Å². The molecular formula is C34H49O7P. The number of hydrogen-bond acceptors (Lipinski definition) is 7. The van der Waals surface area contributed by atoms with Crippen LogP contribution in [0.3, 0.4) is 0 Å². The van der Waals surface area contributed by atoms with E-state index in [0.717, 1.165) is 56.9 Å². The molecule has 1 aromatic rings. The molecule has 1 saturated heterocycles. The molecule has 1 unspecified atom stereocenters. The van der Waals surface area contributed by atoms with E-state index in [1.54, 1.807) is 0 Å². The molecule has 232 valence electrons. The molecule has 2 spiro atoms. The van der Waals surface area contributed by atoms with Gasteiger partial charge in [-0.1, -0.05) is 26.8 Å². The molecule has 0 aromatic heterocycles. The zero-order chi connectivity index (χ0) is 29.8. The number of ketones is 1. The van der Waals surface area contributed by atoms with E-state index < -0.39 is 18.8 Å². The van der Waals surface area contributed by atoms with E-state index in [2.05, 4.69) is 32.9 Å². The van der Waals surface area contributed by atoms with Crippen LogP contribution in [-0.4, -0.2) is 41.9 Å². The van der Waals surface area contributed by atoms with Gasteiger partial charge in [-0.25, -0.2) is 9.78 Å². The summed E-state index contributed by atoms with van der Waals surface area (Å²) < 4.78 is 25.4. The van der Waals surface area contributed by atoms with E-state index in [4.69, 9.17) is 18.8 Å². The third kappa shape index (κ3) is 4.09. The fourth-order valence-corrected chi connectivity index (χ4v) is 13.0. The van der Waals surface area contributed by atoms with Crippen LogP contribution < -0.4 is 5.30 Å². The van der Waals surface area contributed by atoms with Gasteiger partial charge >= 0.3 is 7.60 Å². The second kappa shape index (κ2) is 9.71. The van der Waals surface area contributed by atoms with Crippen molar-refractivity contribution >= 4 is 18.7 Å². The molecule has 8 heteroatoms. The maximum atomic E-state index is 13.9. The highest BCUT2D eigenvalue weighted by Crippen LogP contribution is 2.74. The largest absolute Gasteiger partial charge is 0.389 e. The minimum atomic E-state index is -3.47. The summed E-state index contributed by atoms with van der Waals surface area (Å²) in [5.41, 5.74) is 0.341. The second-order valence-electron chi connectivity index (χ2n) is 15.7. The number of carbonyl (C=O) groups excluding carboxylic acids is 1. The average molecular weight is 601 g/mol. The van der Waals surface area contributed by atoms with Crippen molar-refractivity contribution in [3.8, 4) is 0 Å². The van der Waals surface area contributed by atoms with Gasteiger partial charge in [-0.2, -0.15) is 0 Å². The summed E-state index contributed by atoms with van der Waals surface area (Å²) in [6.07, 6.45) is 8.04. The molecule has 0 amide bonds. The standard InChI is InChI=1S/C34H49O7P/c1-6-39-42(37,40-7-2)23-8-9-24-22(16-23)17-33-15-14-32(19-30(3,4)21-38-41-32)20-34(33,36)13-12-25-27-10-11-28(35)31(27,5)18-26(24)29(25)33/h8-9,16,25-27,29,36H,6-7,10-15,17-21H2,1-5H3/t25-,26+,27-,29+,31-,32?,33-,34+/m0/s1. The van der Waals surface area contributed by atoms with Crippen molar-refractivity contribution in [3.63, 3.8) is 0 Å². The summed E-state index contributed by atoms with van der Waals surface area (Å²) in [4.78, 5) is 25.3. The quantitative estimate of drug-likeness (QED) is 0.299. The number of rotatable bonds is 5. The van der Waals surface area contributed by atoms with Crippen molar-refractivity contribution in [3.05, 3.63) is 29.3 Å². The third-order valence-electron chi connectivity index (χ3n) is 12.7. The molecule has 1 aromatic carbocycles. The highest BCUT2D eigenvalue weighted by molar-refractivity contribution is 7.62. The number of aliphatic hydroxyl groups is 1. The van der Waals surface area contributed by atoms with E-state index >= 15 is 0 Å². The first-order valence-electron chi connectivity index (χ1n) is 16.4. The molecule has 1 aliphatic heterocycles. The molecule has 0 radical (unpaired) electrons. The molecule has 1 heterocycles. The summed E-state index contributed by atoms with van der Waals surface area (Å²) in [5.74, 6) is 1.70. The zero-order valence-corrected chi connectivity index (χ0v) is 27.0. The van der Waals surface area contributed by atoms with Crippen LogP contribution >= 0.6 is 7.60 Å². The Morgan fingerprint density at radius 3 is 2.52 bits per heavy atom. The third-order valence-corrected chi connectivity index (χ3v) is 14.8. The van der Waals surface area contributed by atoms with Gasteiger partial charge in [0.15, 0.2) is 0 Å². The van der Waals surface area contributed by atoms with Crippen LogP contribution in [0.4, 0.5) is 0 Å². The van der Waals surface area contributed by atoms with Crippen LogP contribution in [0, 0.1) is 34.0 Å². The molecule has 42 heavy (non-hydrogen) atoms. The van der Waals surface area contributed by atoms with Crippen LogP contribution in [-0.2, 0) is 34.6 Å². The highest BCUT2D eigenvalue weighted by atomic mass is 31.2. The van der Waals surface area contributed by atoms with E-state index in [0.29, 0.717) is 61.5 Å². The first-order valence-corrected chi connectivity index (χ1v) is 18.0. The Morgan fingerprint density at radius 1 is 1.05 bits per heavy atom. The minimum absolute atomic E-state index is 0.0104. The van der Waals surface area contributed by atoms with Gasteiger partial charge in [-0.15, -0.1) is 0 Å². The summed E-state index contributed by atoms with van der Waals surface area (Å²) >= 11 is 0. The molecule has 6 aliphatic rings. The molecular weight excluding hydrogens is 551 g/mol. The number of benzene rings is 1. The first-order chi connectivity index (χ1) is 19.8. The lowest BCUT2D eigenvalue weighted by Crippen LogP contribution is -2.70. The van der Waals surface area contributed by atoms with Gasteiger partial charge in [0.2, 0.25) is 0 Å². The summed E-state index contributed by atoms with van der Waals surface area (Å²) in [5, 5.41) is 13.6. The van der Waals surface area contributed by atoms with Gasteiger partial charge in [0, 0.05) is 23.7 Å². The lowest BCUT2D eigenvalue weighted by atomic mass is 9.36. The zero-order valence-electron chi connectivity index (χ0n) is 26.1. The highest BCUT2D eigenvalue weighted by Gasteiger charge is 2.72. The Hall–Kier alpha value is -1.08. The Kier molecular flexibility index (Phi) is 6.85. The Morgan fingerprint density at radius 2 is 1.81 bits per heavy atom. The van der Waals surface area contributed by atoms with E-state index in [1.165, 1.54) is 5.56 Å². The van der Waals surface area contributed by atoms with Gasteiger partial charge in [0.1, 0.15) is 11.4 Å². The van der Waals surface area contributed by atoms with E-state index in [-0.39, 0.29) is 22.2 Å². The van der Waals surface area contributed by atoms with Gasteiger partial charge < -0.3 is 14.2 Å². The fourth-order valence-electron chi connectivity index (χ4n) is 11.4. The average Bonchev–Trinajstić information content (AvgIpc) is 3.22. The van der Waals surface area contributed by atoms with Crippen LogP contribution in [0.25, 0.3) is 0 Å². The number of hydrogen-bond donors (Lipinski definition) is 1. The monoisotopic (exact) mass is 600 g/mol. The predicted molar refractivity (Wildman–Crippen MR) is 159 cm³/mol. The van der Waals surface area contributed by atoms with Crippen LogP contribution in [0.15, 0.2) is 18.2 Å². The maximum absolute atomic E-state index is 13.9. The summed E-state index contributed by atoms with van der Waals surface area (Å²) in [6.45, 7) is 11.5. The number of carbonyl (C=O) groups is 1. The van der Waals surface area contributed by atoms with Crippen LogP contribution in [0.1, 0.15) is 109 Å². The molecule has 0 bridgehead atoms. The SMILES string of the molecule is CCOP(=O)(OCC)c1ccc2c(c1)C[C@]13CCC4(CC(C)(C)COO4)C[C@]1(O)CC[C@@H]1[C@@H]3[C@@H]2C[C@]2(C)C(=O)CC[C@@H]12. The lowest BCUT2D eigenvalue weighted by Gasteiger charge is -2.70. The van der Waals surface area contributed by atoms with Crippen molar-refractivity contribution in [2.24, 2.45) is 34.0 Å². The smallest absolute Gasteiger partial charge is 0.361 e. The van der Waals surface area contributed by atoms with Gasteiger partial charge in [0.25, 0.3) is 0 Å². The molecule has 7 rings (SSSR count). The summed E-state index contributed by atoms with van der Waals surface area (Å²) in [7, 11) is -3.47. The normalized spacial score (nSPS) is 43.8. The van der Waals surface area contributed by atoms with Crippen molar-refractivity contribution < 1.29 is 33.3 Å². The Labute approximate surface area is 250 Å². The van der Waals surface area contributed by atoms with Crippen molar-refractivity contribution in [2.45, 2.75) is 116 Å². The molecule has 5 fully saturated rings. The van der Waals surface area contributed by atoms with Gasteiger partial charge in [0.05, 0.1) is 30.7 Å². The first kappa shape index (κ1) is 29.6. The topological polar surface area (TPSA) is 91.3 Å². The Bertz CT molecular complexity index is 1320. The van der Waals surface area contributed by atoms with Crippen molar-refractivity contribution in [1.29, 1.82) is 0 Å². The molecule has 7 nitrogen and oxygen atoms in total.